The number of nitrogens with one attached hydrogen (secondary N) is 1. The van der Waals surface area contributed by atoms with Crippen LogP contribution in [0.15, 0.2) is 24.3 Å². The summed E-state index contributed by atoms with van der Waals surface area (Å²) in [5.41, 5.74) is 1.71. The average Bonchev–Trinajstić information content (AvgIpc) is 2.87. The first kappa shape index (κ1) is 15.0. The van der Waals surface area contributed by atoms with Crippen LogP contribution in [0, 0.1) is 11.3 Å². The first-order valence-electron chi connectivity index (χ1n) is 6.87. The summed E-state index contributed by atoms with van der Waals surface area (Å²) in [7, 11) is -3.00. The molecule has 4 nitrogen and oxygen atoms in total. The number of rotatable bonds is 4. The molecule has 5 heteroatoms. The lowest BCUT2D eigenvalue weighted by atomic mass is 10.1. The quantitative estimate of drug-likeness (QED) is 0.923. The van der Waals surface area contributed by atoms with E-state index in [2.05, 4.69) is 11.4 Å². The van der Waals surface area contributed by atoms with E-state index in [-0.39, 0.29) is 17.3 Å². The van der Waals surface area contributed by atoms with E-state index in [9.17, 15) is 8.42 Å². The van der Waals surface area contributed by atoms with E-state index in [0.29, 0.717) is 5.56 Å². The molecular weight excluding hydrogens is 272 g/mol. The highest BCUT2D eigenvalue weighted by Crippen LogP contribution is 2.27. The van der Waals surface area contributed by atoms with Crippen LogP contribution in [0.25, 0.3) is 0 Å². The highest BCUT2D eigenvalue weighted by atomic mass is 32.2. The van der Waals surface area contributed by atoms with Crippen LogP contribution in [0.4, 0.5) is 0 Å². The Kier molecular flexibility index (Phi) is 4.46. The minimum atomic E-state index is -3.00. The predicted molar refractivity (Wildman–Crippen MR) is 79.0 cm³/mol. The van der Waals surface area contributed by atoms with Gasteiger partial charge in [0.25, 0.3) is 0 Å². The molecule has 108 valence electrons. The summed E-state index contributed by atoms with van der Waals surface area (Å²) in [5.74, 6) is 0. The Bertz CT molecular complexity index is 602. The maximum absolute atomic E-state index is 11.8. The van der Waals surface area contributed by atoms with Crippen molar-refractivity contribution in [1.82, 2.24) is 5.32 Å². The molecule has 0 saturated heterocycles. The molecule has 0 aliphatic heterocycles. The summed E-state index contributed by atoms with van der Waals surface area (Å²) in [6.07, 6.45) is 3.93. The van der Waals surface area contributed by atoms with Crippen molar-refractivity contribution in [3.05, 3.63) is 35.4 Å². The molecule has 0 heterocycles. The molecule has 3 unspecified atom stereocenters. The first-order chi connectivity index (χ1) is 9.41. The zero-order valence-electron chi connectivity index (χ0n) is 11.8. The van der Waals surface area contributed by atoms with Crippen LogP contribution in [0.2, 0.25) is 0 Å². The summed E-state index contributed by atoms with van der Waals surface area (Å²) in [5, 5.41) is 11.9. The molecule has 1 saturated carbocycles. The molecule has 20 heavy (non-hydrogen) atoms. The second-order valence-electron chi connectivity index (χ2n) is 5.53. The molecule has 1 N–H and O–H groups in total. The third-order valence-corrected chi connectivity index (χ3v) is 5.67. The second-order valence-corrected chi connectivity index (χ2v) is 7.79. The summed E-state index contributed by atoms with van der Waals surface area (Å²) >= 11 is 0. The normalized spacial score (nSPS) is 24.2. The Morgan fingerprint density at radius 3 is 2.50 bits per heavy atom. The maximum atomic E-state index is 11.8. The van der Waals surface area contributed by atoms with Gasteiger partial charge in [-0.3, -0.25) is 0 Å². The highest BCUT2D eigenvalue weighted by Gasteiger charge is 2.35. The smallest absolute Gasteiger partial charge is 0.151 e. The number of nitrogens with zero attached hydrogens (tertiary/aromatic N) is 1. The topological polar surface area (TPSA) is 70.0 Å². The Morgan fingerprint density at radius 1 is 1.30 bits per heavy atom. The van der Waals surface area contributed by atoms with E-state index < -0.39 is 9.84 Å². The lowest BCUT2D eigenvalue weighted by molar-refractivity contribution is 0.456. The molecular formula is C15H20N2O2S. The van der Waals surface area contributed by atoms with Gasteiger partial charge in [0, 0.05) is 18.3 Å². The van der Waals surface area contributed by atoms with Gasteiger partial charge in [-0.1, -0.05) is 18.6 Å². The molecule has 2 rings (SSSR count). The summed E-state index contributed by atoms with van der Waals surface area (Å²) in [6.45, 7) is 2.03. The van der Waals surface area contributed by atoms with Gasteiger partial charge in [-0.25, -0.2) is 8.42 Å². The highest BCUT2D eigenvalue weighted by molar-refractivity contribution is 7.91. The van der Waals surface area contributed by atoms with Crippen LogP contribution in [0.1, 0.15) is 43.4 Å². The minimum Gasteiger partial charge on any atom is -0.306 e. The lowest BCUT2D eigenvalue weighted by Gasteiger charge is -2.24. The van der Waals surface area contributed by atoms with Crippen molar-refractivity contribution in [3.63, 3.8) is 0 Å². The molecule has 0 aromatic heterocycles. The molecule has 1 fully saturated rings. The Hall–Kier alpha value is -1.38. The molecule has 3 atom stereocenters. The van der Waals surface area contributed by atoms with Crippen LogP contribution >= 0.6 is 0 Å². The van der Waals surface area contributed by atoms with Gasteiger partial charge in [0.05, 0.1) is 16.9 Å². The van der Waals surface area contributed by atoms with Gasteiger partial charge >= 0.3 is 0 Å². The van der Waals surface area contributed by atoms with Crippen LogP contribution in [-0.2, 0) is 9.84 Å². The molecule has 0 amide bonds. The van der Waals surface area contributed by atoms with Crippen molar-refractivity contribution in [2.75, 3.05) is 6.26 Å². The van der Waals surface area contributed by atoms with Crippen molar-refractivity contribution < 1.29 is 8.42 Å². The fraction of sp³-hybridized carbons (Fsp3) is 0.533. The van der Waals surface area contributed by atoms with Crippen molar-refractivity contribution in [2.45, 2.75) is 43.5 Å². The Labute approximate surface area is 120 Å². The number of benzene rings is 1. The van der Waals surface area contributed by atoms with E-state index in [1.807, 2.05) is 19.1 Å². The van der Waals surface area contributed by atoms with Crippen molar-refractivity contribution in [1.29, 1.82) is 5.26 Å². The molecule has 0 bridgehead atoms. The maximum Gasteiger partial charge on any atom is 0.151 e. The van der Waals surface area contributed by atoms with E-state index >= 15 is 0 Å². The van der Waals surface area contributed by atoms with E-state index in [0.717, 1.165) is 24.8 Å². The standard InChI is InChI=1S/C15H20N2O2S/c1-11(13-8-6-12(10-16)7-9-13)17-14-4-3-5-15(14)20(2,18)19/h6-9,11,14-15,17H,3-5H2,1-2H3. The SMILES string of the molecule is CC(NC1CCCC1S(C)(=O)=O)c1ccc(C#N)cc1. The van der Waals surface area contributed by atoms with Crippen molar-refractivity contribution in [2.24, 2.45) is 0 Å². The molecule has 0 radical (unpaired) electrons. The molecule has 1 aromatic rings. The summed E-state index contributed by atoms with van der Waals surface area (Å²) in [6, 6.07) is 9.61. The lowest BCUT2D eigenvalue weighted by Crippen LogP contribution is -2.41. The Morgan fingerprint density at radius 2 is 1.95 bits per heavy atom. The van der Waals surface area contributed by atoms with E-state index in [1.54, 1.807) is 12.1 Å². The average molecular weight is 292 g/mol. The molecule has 0 spiro atoms. The van der Waals surface area contributed by atoms with Gasteiger partial charge in [-0.2, -0.15) is 5.26 Å². The number of sulfone groups is 1. The van der Waals surface area contributed by atoms with Gasteiger partial charge in [-0.15, -0.1) is 0 Å². The van der Waals surface area contributed by atoms with Crippen molar-refractivity contribution >= 4 is 9.84 Å². The monoisotopic (exact) mass is 292 g/mol. The number of nitriles is 1. The summed E-state index contributed by atoms with van der Waals surface area (Å²) in [4.78, 5) is 0. The van der Waals surface area contributed by atoms with E-state index in [4.69, 9.17) is 5.26 Å². The fourth-order valence-electron chi connectivity index (χ4n) is 2.89. The first-order valence-corrected chi connectivity index (χ1v) is 8.82. The van der Waals surface area contributed by atoms with Gasteiger partial charge in [-0.05, 0) is 37.5 Å². The number of hydrogen-bond donors (Lipinski definition) is 1. The Balaban J connectivity index is 2.07. The zero-order valence-corrected chi connectivity index (χ0v) is 12.7. The van der Waals surface area contributed by atoms with Crippen LogP contribution in [-0.4, -0.2) is 26.0 Å². The van der Waals surface area contributed by atoms with Gasteiger partial charge in [0.15, 0.2) is 9.84 Å². The van der Waals surface area contributed by atoms with E-state index in [1.165, 1.54) is 6.26 Å². The predicted octanol–water partition coefficient (Wildman–Crippen LogP) is 2.17. The van der Waals surface area contributed by atoms with Gasteiger partial charge in [0.2, 0.25) is 0 Å². The second kappa shape index (κ2) is 5.94. The summed E-state index contributed by atoms with van der Waals surface area (Å²) < 4.78 is 23.5. The van der Waals surface area contributed by atoms with Gasteiger partial charge in [0.1, 0.15) is 0 Å². The fourth-order valence-corrected chi connectivity index (χ4v) is 4.30. The minimum absolute atomic E-state index is 0.0237. The molecule has 1 aliphatic rings. The third-order valence-electron chi connectivity index (χ3n) is 4.01. The van der Waals surface area contributed by atoms with Gasteiger partial charge < -0.3 is 5.32 Å². The van der Waals surface area contributed by atoms with Crippen molar-refractivity contribution in [3.8, 4) is 6.07 Å². The zero-order chi connectivity index (χ0) is 14.8. The number of hydrogen-bond acceptors (Lipinski definition) is 4. The van der Waals surface area contributed by atoms with Crippen LogP contribution in [0.5, 0.6) is 0 Å². The van der Waals surface area contributed by atoms with Crippen LogP contribution < -0.4 is 5.32 Å². The van der Waals surface area contributed by atoms with Crippen LogP contribution in [0.3, 0.4) is 0 Å². The third kappa shape index (κ3) is 3.38. The molecule has 1 aliphatic carbocycles. The molecule has 1 aromatic carbocycles. The largest absolute Gasteiger partial charge is 0.306 e.